The number of likely N-dealkylation sites (tertiary alicyclic amines) is 1. The average molecular weight is 341 g/mol. The van der Waals surface area contributed by atoms with E-state index in [0.717, 1.165) is 36.0 Å². The highest BCUT2D eigenvalue weighted by Crippen LogP contribution is 2.28. The molecule has 3 heterocycles. The molecule has 2 fully saturated rings. The molecule has 1 N–H and O–H groups in total. The van der Waals surface area contributed by atoms with Crippen molar-refractivity contribution in [2.75, 3.05) is 13.1 Å². The van der Waals surface area contributed by atoms with Crippen LogP contribution in [0.1, 0.15) is 28.9 Å². The number of hydrogen-bond donors (Lipinski definition) is 1. The third-order valence-electron chi connectivity index (χ3n) is 4.50. The largest absolute Gasteiger partial charge is 0.336 e. The first-order valence-electron chi connectivity index (χ1n) is 7.43. The van der Waals surface area contributed by atoms with E-state index in [9.17, 15) is 9.18 Å². The fourth-order valence-electron chi connectivity index (χ4n) is 3.40. The average Bonchev–Trinajstić information content (AvgIpc) is 3.01. The van der Waals surface area contributed by atoms with E-state index < -0.39 is 0 Å². The summed E-state index contributed by atoms with van der Waals surface area (Å²) >= 11 is 1.46. The van der Waals surface area contributed by atoms with E-state index >= 15 is 0 Å². The summed E-state index contributed by atoms with van der Waals surface area (Å²) in [6.45, 7) is 1.60. The molecule has 1 aromatic carbocycles. The van der Waals surface area contributed by atoms with E-state index in [4.69, 9.17) is 0 Å². The summed E-state index contributed by atoms with van der Waals surface area (Å²) in [5, 5.41) is 4.40. The number of nitrogens with zero attached hydrogens (tertiary/aromatic N) is 1. The molecule has 3 nitrogen and oxygen atoms in total. The minimum absolute atomic E-state index is 0. The predicted molar refractivity (Wildman–Crippen MR) is 89.5 cm³/mol. The van der Waals surface area contributed by atoms with Crippen molar-refractivity contribution in [1.82, 2.24) is 10.2 Å². The first-order valence-corrected chi connectivity index (χ1v) is 8.25. The normalized spacial score (nSPS) is 24.1. The van der Waals surface area contributed by atoms with Gasteiger partial charge in [-0.1, -0.05) is 0 Å². The van der Waals surface area contributed by atoms with Crippen LogP contribution in [0.4, 0.5) is 4.39 Å². The summed E-state index contributed by atoms with van der Waals surface area (Å²) in [6, 6.07) is 7.52. The van der Waals surface area contributed by atoms with E-state index in [0.29, 0.717) is 17.0 Å². The maximum atomic E-state index is 13.3. The van der Waals surface area contributed by atoms with Crippen LogP contribution in [-0.2, 0) is 0 Å². The van der Waals surface area contributed by atoms with Crippen molar-refractivity contribution >= 4 is 39.7 Å². The van der Waals surface area contributed by atoms with Gasteiger partial charge in [-0.15, -0.1) is 23.7 Å². The quantitative estimate of drug-likeness (QED) is 0.862. The Labute approximate surface area is 138 Å². The van der Waals surface area contributed by atoms with Gasteiger partial charge in [-0.2, -0.15) is 0 Å². The SMILES string of the molecule is Cl.O=C(c1cc2cc(F)ccc2s1)N1CCC2CCC(C1)N2. The molecule has 2 unspecified atom stereocenters. The summed E-state index contributed by atoms with van der Waals surface area (Å²) < 4.78 is 14.2. The maximum absolute atomic E-state index is 13.3. The van der Waals surface area contributed by atoms with Crippen LogP contribution in [0.5, 0.6) is 0 Å². The summed E-state index contributed by atoms with van der Waals surface area (Å²) in [6.07, 6.45) is 3.42. The number of thiophene rings is 1. The number of benzene rings is 1. The molecule has 2 bridgehead atoms. The molecule has 2 aliphatic heterocycles. The Morgan fingerprint density at radius 3 is 2.91 bits per heavy atom. The van der Waals surface area contributed by atoms with Gasteiger partial charge in [-0.05, 0) is 48.9 Å². The van der Waals surface area contributed by atoms with E-state index in [1.807, 2.05) is 11.0 Å². The standard InChI is InChI=1S/C16H17FN2OS.ClH/c17-11-1-4-14-10(7-11)8-15(21-14)16(20)19-6-5-12-2-3-13(9-19)18-12;/h1,4,7-8,12-13,18H,2-3,5-6,9H2;1H. The van der Waals surface area contributed by atoms with Crippen molar-refractivity contribution in [3.63, 3.8) is 0 Å². The first-order chi connectivity index (χ1) is 10.2. The van der Waals surface area contributed by atoms with Gasteiger partial charge in [-0.3, -0.25) is 4.79 Å². The molecule has 2 aliphatic rings. The second-order valence-corrected chi connectivity index (χ2v) is 7.05. The summed E-state index contributed by atoms with van der Waals surface area (Å²) in [7, 11) is 0. The zero-order valence-corrected chi connectivity index (χ0v) is 13.7. The van der Waals surface area contributed by atoms with Gasteiger partial charge in [0, 0.05) is 29.9 Å². The van der Waals surface area contributed by atoms with Gasteiger partial charge in [0.15, 0.2) is 0 Å². The molecule has 2 atom stereocenters. The van der Waals surface area contributed by atoms with Crippen molar-refractivity contribution in [3.8, 4) is 0 Å². The number of fused-ring (bicyclic) bond motifs is 3. The van der Waals surface area contributed by atoms with Crippen LogP contribution < -0.4 is 5.32 Å². The van der Waals surface area contributed by atoms with E-state index in [1.165, 1.54) is 29.9 Å². The molecule has 6 heteroatoms. The van der Waals surface area contributed by atoms with Crippen LogP contribution in [0.3, 0.4) is 0 Å². The molecule has 0 aliphatic carbocycles. The Hall–Kier alpha value is -1.17. The maximum Gasteiger partial charge on any atom is 0.264 e. The molecule has 2 aromatic rings. The zero-order chi connectivity index (χ0) is 14.4. The summed E-state index contributed by atoms with van der Waals surface area (Å²) in [5.74, 6) is -0.165. The number of halogens is 2. The van der Waals surface area contributed by atoms with Crippen molar-refractivity contribution in [3.05, 3.63) is 35.0 Å². The molecule has 0 spiro atoms. The predicted octanol–water partition coefficient (Wildman–Crippen LogP) is 3.43. The van der Waals surface area contributed by atoms with Gasteiger partial charge in [-0.25, -0.2) is 4.39 Å². The molecule has 4 rings (SSSR count). The van der Waals surface area contributed by atoms with E-state index in [1.54, 1.807) is 6.07 Å². The fraction of sp³-hybridized carbons (Fsp3) is 0.438. The third kappa shape index (κ3) is 2.85. The Balaban J connectivity index is 0.00000144. The lowest BCUT2D eigenvalue weighted by Gasteiger charge is -2.23. The number of amides is 1. The van der Waals surface area contributed by atoms with E-state index in [2.05, 4.69) is 5.32 Å². The minimum Gasteiger partial charge on any atom is -0.336 e. The van der Waals surface area contributed by atoms with Crippen LogP contribution in [0.25, 0.3) is 10.1 Å². The molecule has 0 radical (unpaired) electrons. The minimum atomic E-state index is -0.254. The number of rotatable bonds is 1. The highest BCUT2D eigenvalue weighted by Gasteiger charge is 2.31. The van der Waals surface area contributed by atoms with Crippen LogP contribution in [-0.4, -0.2) is 36.0 Å². The third-order valence-corrected chi connectivity index (χ3v) is 5.60. The van der Waals surface area contributed by atoms with Gasteiger partial charge in [0.25, 0.3) is 5.91 Å². The zero-order valence-electron chi connectivity index (χ0n) is 12.0. The topological polar surface area (TPSA) is 32.3 Å². The van der Waals surface area contributed by atoms with Crippen molar-refractivity contribution in [1.29, 1.82) is 0 Å². The lowest BCUT2D eigenvalue weighted by molar-refractivity contribution is 0.0753. The second kappa shape index (κ2) is 6.14. The van der Waals surface area contributed by atoms with Gasteiger partial charge in [0.05, 0.1) is 4.88 Å². The van der Waals surface area contributed by atoms with Gasteiger partial charge >= 0.3 is 0 Å². The first kappa shape index (κ1) is 15.7. The number of nitrogens with one attached hydrogen (secondary N) is 1. The van der Waals surface area contributed by atoms with Gasteiger partial charge < -0.3 is 10.2 Å². The van der Waals surface area contributed by atoms with Crippen LogP contribution in [0.15, 0.2) is 24.3 Å². The van der Waals surface area contributed by atoms with Crippen LogP contribution in [0, 0.1) is 5.82 Å². The summed E-state index contributed by atoms with van der Waals surface area (Å²) in [4.78, 5) is 15.4. The number of carbonyl (C=O) groups excluding carboxylic acids is 1. The summed E-state index contributed by atoms with van der Waals surface area (Å²) in [5.41, 5.74) is 0. The van der Waals surface area contributed by atoms with Crippen molar-refractivity contribution < 1.29 is 9.18 Å². The molecule has 1 amide bonds. The Morgan fingerprint density at radius 1 is 1.23 bits per heavy atom. The molecule has 1 aromatic heterocycles. The van der Waals surface area contributed by atoms with Crippen molar-refractivity contribution in [2.24, 2.45) is 0 Å². The number of hydrogen-bond acceptors (Lipinski definition) is 3. The Morgan fingerprint density at radius 2 is 2.05 bits per heavy atom. The smallest absolute Gasteiger partial charge is 0.264 e. The van der Waals surface area contributed by atoms with Gasteiger partial charge in [0.1, 0.15) is 5.82 Å². The van der Waals surface area contributed by atoms with E-state index in [-0.39, 0.29) is 24.1 Å². The monoisotopic (exact) mass is 340 g/mol. The molecule has 2 saturated heterocycles. The molecule has 22 heavy (non-hydrogen) atoms. The second-order valence-electron chi connectivity index (χ2n) is 5.97. The Bertz CT molecular complexity index is 705. The lowest BCUT2D eigenvalue weighted by atomic mass is 10.1. The highest BCUT2D eigenvalue weighted by molar-refractivity contribution is 7.20. The molecule has 118 valence electrons. The van der Waals surface area contributed by atoms with Crippen LogP contribution >= 0.6 is 23.7 Å². The fourth-order valence-corrected chi connectivity index (χ4v) is 4.41. The van der Waals surface area contributed by atoms with Crippen LogP contribution in [0.2, 0.25) is 0 Å². The number of carbonyl (C=O) groups is 1. The lowest BCUT2D eigenvalue weighted by Crippen LogP contribution is -2.38. The van der Waals surface area contributed by atoms with Crippen molar-refractivity contribution in [2.45, 2.75) is 31.3 Å². The van der Waals surface area contributed by atoms with Gasteiger partial charge in [0.2, 0.25) is 0 Å². The highest BCUT2D eigenvalue weighted by atomic mass is 35.5. The Kier molecular flexibility index (Phi) is 4.39. The molecule has 0 saturated carbocycles. The molecular weight excluding hydrogens is 323 g/mol. The molecular formula is C16H18ClFN2OS.